The summed E-state index contributed by atoms with van der Waals surface area (Å²) >= 11 is 6.29. The number of rotatable bonds is 11. The van der Waals surface area contributed by atoms with Crippen LogP contribution in [0.2, 0.25) is 5.02 Å². The molecular formula is C21H24ClF2NO5. The first-order valence-electron chi connectivity index (χ1n) is 9.38. The zero-order valence-corrected chi connectivity index (χ0v) is 17.7. The molecule has 2 rings (SSSR count). The Morgan fingerprint density at radius 1 is 1.10 bits per heavy atom. The first-order chi connectivity index (χ1) is 14.4. The summed E-state index contributed by atoms with van der Waals surface area (Å²) in [7, 11) is 1.34. The van der Waals surface area contributed by atoms with Crippen LogP contribution in [0.3, 0.4) is 0 Å². The van der Waals surface area contributed by atoms with Gasteiger partial charge in [-0.25, -0.2) is 0 Å². The predicted octanol–water partition coefficient (Wildman–Crippen LogP) is 5.07. The van der Waals surface area contributed by atoms with E-state index in [1.807, 2.05) is 13.8 Å². The van der Waals surface area contributed by atoms with E-state index in [1.165, 1.54) is 25.3 Å². The Hall–Kier alpha value is -2.74. The minimum atomic E-state index is -2.96. The van der Waals surface area contributed by atoms with E-state index in [2.05, 4.69) is 10.1 Å². The number of amides is 1. The standard InChI is InChI=1S/C21H24ClF2NO5/c1-4-8-29-19-15(22)10-14(11-18(19)28-5-2)20(26)25-12-13-6-7-16(30-21(23)24)17(9-13)27-3/h6-7,9-11,21H,4-5,8,12H2,1-3H3,(H,25,26). The van der Waals surface area contributed by atoms with Crippen LogP contribution in [0.25, 0.3) is 0 Å². The van der Waals surface area contributed by atoms with Crippen molar-refractivity contribution in [2.75, 3.05) is 20.3 Å². The molecule has 0 saturated heterocycles. The van der Waals surface area contributed by atoms with Gasteiger partial charge in [0.25, 0.3) is 5.91 Å². The van der Waals surface area contributed by atoms with Crippen molar-refractivity contribution in [3.8, 4) is 23.0 Å². The fourth-order valence-corrected chi connectivity index (χ4v) is 2.87. The normalized spacial score (nSPS) is 10.6. The van der Waals surface area contributed by atoms with E-state index in [1.54, 1.807) is 12.1 Å². The molecule has 0 spiro atoms. The van der Waals surface area contributed by atoms with Crippen LogP contribution in [0.5, 0.6) is 23.0 Å². The molecule has 0 aromatic heterocycles. The van der Waals surface area contributed by atoms with Gasteiger partial charge in [-0.15, -0.1) is 0 Å². The number of halogens is 3. The second-order valence-corrected chi connectivity index (χ2v) is 6.52. The third-order valence-electron chi connectivity index (χ3n) is 3.92. The van der Waals surface area contributed by atoms with E-state index < -0.39 is 6.61 Å². The molecule has 1 N–H and O–H groups in total. The molecule has 0 saturated carbocycles. The van der Waals surface area contributed by atoms with Crippen molar-refractivity contribution in [3.63, 3.8) is 0 Å². The zero-order chi connectivity index (χ0) is 22.1. The van der Waals surface area contributed by atoms with Crippen LogP contribution in [0.15, 0.2) is 30.3 Å². The van der Waals surface area contributed by atoms with Crippen molar-refractivity contribution in [1.29, 1.82) is 0 Å². The van der Waals surface area contributed by atoms with Gasteiger partial charge in [0.2, 0.25) is 0 Å². The average Bonchev–Trinajstić information content (AvgIpc) is 2.71. The molecule has 0 unspecified atom stereocenters. The van der Waals surface area contributed by atoms with E-state index in [0.717, 1.165) is 6.42 Å². The van der Waals surface area contributed by atoms with Crippen LogP contribution < -0.4 is 24.3 Å². The molecular weight excluding hydrogens is 420 g/mol. The molecule has 0 atom stereocenters. The second kappa shape index (κ2) is 11.4. The molecule has 6 nitrogen and oxygen atoms in total. The van der Waals surface area contributed by atoms with Crippen LogP contribution >= 0.6 is 11.6 Å². The van der Waals surface area contributed by atoms with Crippen molar-refractivity contribution in [1.82, 2.24) is 5.32 Å². The molecule has 0 aliphatic heterocycles. The molecule has 0 aliphatic carbocycles. The minimum absolute atomic E-state index is 0.0848. The number of carbonyl (C=O) groups is 1. The van der Waals surface area contributed by atoms with Crippen molar-refractivity contribution in [3.05, 3.63) is 46.5 Å². The number of nitrogens with one attached hydrogen (secondary N) is 1. The second-order valence-electron chi connectivity index (χ2n) is 6.11. The Morgan fingerprint density at radius 2 is 1.87 bits per heavy atom. The van der Waals surface area contributed by atoms with Crippen molar-refractivity contribution in [2.45, 2.75) is 33.4 Å². The summed E-state index contributed by atoms with van der Waals surface area (Å²) < 4.78 is 45.5. The minimum Gasteiger partial charge on any atom is -0.493 e. The molecule has 9 heteroatoms. The van der Waals surface area contributed by atoms with Gasteiger partial charge in [-0.05, 0) is 43.2 Å². The Bertz CT molecular complexity index is 864. The highest BCUT2D eigenvalue weighted by Gasteiger charge is 2.17. The van der Waals surface area contributed by atoms with Crippen LogP contribution in [-0.4, -0.2) is 32.8 Å². The van der Waals surface area contributed by atoms with Crippen LogP contribution in [-0.2, 0) is 6.54 Å². The Morgan fingerprint density at radius 3 is 2.50 bits per heavy atom. The van der Waals surface area contributed by atoms with Gasteiger partial charge < -0.3 is 24.3 Å². The third kappa shape index (κ3) is 6.38. The largest absolute Gasteiger partial charge is 0.493 e. The number of hydrogen-bond donors (Lipinski definition) is 1. The van der Waals surface area contributed by atoms with Gasteiger partial charge in [-0.3, -0.25) is 4.79 Å². The molecule has 0 aliphatic rings. The number of carbonyl (C=O) groups excluding carboxylic acids is 1. The van der Waals surface area contributed by atoms with Crippen LogP contribution in [0, 0.1) is 0 Å². The quantitative estimate of drug-likeness (QED) is 0.525. The lowest BCUT2D eigenvalue weighted by Gasteiger charge is -2.15. The molecule has 0 radical (unpaired) electrons. The fourth-order valence-electron chi connectivity index (χ4n) is 2.61. The summed E-state index contributed by atoms with van der Waals surface area (Å²) in [6, 6.07) is 7.50. The van der Waals surface area contributed by atoms with Crippen molar-refractivity contribution in [2.24, 2.45) is 0 Å². The van der Waals surface area contributed by atoms with Gasteiger partial charge in [0, 0.05) is 12.1 Å². The topological polar surface area (TPSA) is 66.0 Å². The lowest BCUT2D eigenvalue weighted by Crippen LogP contribution is -2.23. The summed E-state index contributed by atoms with van der Waals surface area (Å²) in [4.78, 5) is 12.6. The van der Waals surface area contributed by atoms with Gasteiger partial charge in [-0.2, -0.15) is 8.78 Å². The summed E-state index contributed by atoms with van der Waals surface area (Å²) in [6.45, 7) is 1.82. The van der Waals surface area contributed by atoms with E-state index in [0.29, 0.717) is 35.8 Å². The van der Waals surface area contributed by atoms with Gasteiger partial charge in [0.05, 0.1) is 25.3 Å². The molecule has 0 bridgehead atoms. The SMILES string of the molecule is CCCOc1c(Cl)cc(C(=O)NCc2ccc(OC(F)F)c(OC)c2)cc1OCC. The molecule has 2 aromatic carbocycles. The fraction of sp³-hybridized carbons (Fsp3) is 0.381. The smallest absolute Gasteiger partial charge is 0.387 e. The van der Waals surface area contributed by atoms with E-state index in [4.69, 9.17) is 25.8 Å². The lowest BCUT2D eigenvalue weighted by atomic mass is 10.1. The molecule has 2 aromatic rings. The first kappa shape index (κ1) is 23.5. The number of benzene rings is 2. The van der Waals surface area contributed by atoms with Crippen LogP contribution in [0.1, 0.15) is 36.2 Å². The zero-order valence-electron chi connectivity index (χ0n) is 17.0. The van der Waals surface area contributed by atoms with E-state index >= 15 is 0 Å². The van der Waals surface area contributed by atoms with Gasteiger partial charge in [0.1, 0.15) is 0 Å². The first-order valence-corrected chi connectivity index (χ1v) is 9.76. The summed E-state index contributed by atoms with van der Waals surface area (Å²) in [5.74, 6) is 0.460. The van der Waals surface area contributed by atoms with Gasteiger partial charge in [-0.1, -0.05) is 24.6 Å². The Labute approximate surface area is 179 Å². The van der Waals surface area contributed by atoms with E-state index in [-0.39, 0.29) is 29.0 Å². The maximum atomic E-state index is 12.6. The van der Waals surface area contributed by atoms with Crippen molar-refractivity contribution >= 4 is 17.5 Å². The van der Waals surface area contributed by atoms with Gasteiger partial charge in [0.15, 0.2) is 23.0 Å². The Kier molecular flexibility index (Phi) is 8.98. The molecule has 164 valence electrons. The summed E-state index contributed by atoms with van der Waals surface area (Å²) in [5.41, 5.74) is 0.942. The Balaban J connectivity index is 2.14. The maximum Gasteiger partial charge on any atom is 0.387 e. The summed E-state index contributed by atoms with van der Waals surface area (Å²) in [5, 5.41) is 3.02. The molecule has 30 heavy (non-hydrogen) atoms. The highest BCUT2D eigenvalue weighted by atomic mass is 35.5. The highest BCUT2D eigenvalue weighted by molar-refractivity contribution is 6.32. The number of ether oxygens (including phenoxy) is 4. The molecule has 1 amide bonds. The maximum absolute atomic E-state index is 12.6. The lowest BCUT2D eigenvalue weighted by molar-refractivity contribution is -0.0512. The van der Waals surface area contributed by atoms with Crippen LogP contribution in [0.4, 0.5) is 8.78 Å². The molecule has 0 heterocycles. The number of hydrogen-bond acceptors (Lipinski definition) is 5. The highest BCUT2D eigenvalue weighted by Crippen LogP contribution is 2.37. The number of methoxy groups -OCH3 is 1. The third-order valence-corrected chi connectivity index (χ3v) is 4.20. The predicted molar refractivity (Wildman–Crippen MR) is 109 cm³/mol. The van der Waals surface area contributed by atoms with E-state index in [9.17, 15) is 13.6 Å². The molecule has 0 fully saturated rings. The van der Waals surface area contributed by atoms with Gasteiger partial charge >= 0.3 is 6.61 Å². The summed E-state index contributed by atoms with van der Waals surface area (Å²) in [6.07, 6.45) is 0.800. The number of alkyl halides is 2. The monoisotopic (exact) mass is 443 g/mol. The van der Waals surface area contributed by atoms with Crippen molar-refractivity contribution < 1.29 is 32.5 Å². The average molecular weight is 444 g/mol.